The van der Waals surface area contributed by atoms with Crippen LogP contribution in [0, 0.1) is 0 Å². The molecule has 1 aromatic rings. The number of para-hydroxylation sites is 1. The van der Waals surface area contributed by atoms with Gasteiger partial charge in [-0.2, -0.15) is 0 Å². The monoisotopic (exact) mass is 292 g/mol. The zero-order valence-electron chi connectivity index (χ0n) is 12.2. The lowest BCUT2D eigenvalue weighted by Crippen LogP contribution is -2.51. The lowest BCUT2D eigenvalue weighted by molar-refractivity contribution is -0.144. The standard InChI is InChI=1S/C14H20N4O3/c1-14(13(19)20,16-8-5-9-17-18-15)10-11-6-3-4-7-12(11)21-2/h3-4,6-7,16H,5,8-10H2,1-2H3,(H,19,20). The number of nitrogens with one attached hydrogen (secondary N) is 1. The molecule has 7 heteroatoms. The number of ether oxygens (including phenoxy) is 1. The lowest BCUT2D eigenvalue weighted by atomic mass is 9.92. The number of aliphatic carboxylic acids is 1. The molecule has 0 bridgehead atoms. The third-order valence-electron chi connectivity index (χ3n) is 3.22. The highest BCUT2D eigenvalue weighted by atomic mass is 16.5. The maximum absolute atomic E-state index is 11.6. The second-order valence-corrected chi connectivity index (χ2v) is 4.86. The lowest BCUT2D eigenvalue weighted by Gasteiger charge is -2.27. The Hall–Kier alpha value is -2.24. The first kappa shape index (κ1) is 16.8. The Morgan fingerprint density at radius 1 is 1.52 bits per heavy atom. The predicted molar refractivity (Wildman–Crippen MR) is 79.4 cm³/mol. The second-order valence-electron chi connectivity index (χ2n) is 4.86. The highest BCUT2D eigenvalue weighted by Gasteiger charge is 2.33. The number of carbonyl (C=O) groups is 1. The van der Waals surface area contributed by atoms with Gasteiger partial charge in [0.05, 0.1) is 7.11 Å². The van der Waals surface area contributed by atoms with Gasteiger partial charge >= 0.3 is 5.97 Å². The van der Waals surface area contributed by atoms with Crippen LogP contribution in [0.5, 0.6) is 5.75 Å². The van der Waals surface area contributed by atoms with E-state index in [2.05, 4.69) is 15.3 Å². The molecular formula is C14H20N4O3. The first-order valence-electron chi connectivity index (χ1n) is 6.64. The van der Waals surface area contributed by atoms with E-state index < -0.39 is 11.5 Å². The first-order chi connectivity index (χ1) is 10.0. The van der Waals surface area contributed by atoms with E-state index in [1.54, 1.807) is 20.1 Å². The van der Waals surface area contributed by atoms with Crippen molar-refractivity contribution in [2.75, 3.05) is 20.2 Å². The molecule has 21 heavy (non-hydrogen) atoms. The third kappa shape index (κ3) is 4.98. The molecule has 0 saturated heterocycles. The molecule has 1 aromatic carbocycles. The fourth-order valence-corrected chi connectivity index (χ4v) is 2.00. The van der Waals surface area contributed by atoms with Gasteiger partial charge in [-0.25, -0.2) is 0 Å². The Bertz CT molecular complexity index is 529. The molecule has 0 aliphatic carbocycles. The summed E-state index contributed by atoms with van der Waals surface area (Å²) in [5, 5.41) is 15.9. The second kappa shape index (κ2) is 8.14. The molecule has 7 nitrogen and oxygen atoms in total. The summed E-state index contributed by atoms with van der Waals surface area (Å²) in [5.41, 5.74) is 7.92. The van der Waals surface area contributed by atoms with Crippen LogP contribution in [0.1, 0.15) is 18.9 Å². The molecule has 0 aromatic heterocycles. The minimum atomic E-state index is -1.11. The van der Waals surface area contributed by atoms with Crippen LogP contribution in [-0.2, 0) is 11.2 Å². The van der Waals surface area contributed by atoms with Gasteiger partial charge in [0.1, 0.15) is 11.3 Å². The van der Waals surface area contributed by atoms with Gasteiger partial charge in [-0.1, -0.05) is 23.3 Å². The summed E-state index contributed by atoms with van der Waals surface area (Å²) >= 11 is 0. The zero-order chi connectivity index (χ0) is 15.7. The summed E-state index contributed by atoms with van der Waals surface area (Å²) in [4.78, 5) is 14.2. The Morgan fingerprint density at radius 3 is 2.86 bits per heavy atom. The van der Waals surface area contributed by atoms with Gasteiger partial charge < -0.3 is 15.2 Å². The van der Waals surface area contributed by atoms with Crippen LogP contribution >= 0.6 is 0 Å². The van der Waals surface area contributed by atoms with E-state index in [1.165, 1.54) is 0 Å². The van der Waals surface area contributed by atoms with Gasteiger partial charge in [0.2, 0.25) is 0 Å². The Kier molecular flexibility index (Phi) is 6.52. The Morgan fingerprint density at radius 2 is 2.24 bits per heavy atom. The van der Waals surface area contributed by atoms with Crippen molar-refractivity contribution in [2.24, 2.45) is 5.11 Å². The van der Waals surface area contributed by atoms with Gasteiger partial charge in [0, 0.05) is 17.9 Å². The number of methoxy groups -OCH3 is 1. The summed E-state index contributed by atoms with van der Waals surface area (Å²) < 4.78 is 5.25. The average Bonchev–Trinajstić information content (AvgIpc) is 2.47. The molecule has 0 aliphatic heterocycles. The maximum Gasteiger partial charge on any atom is 0.323 e. The van der Waals surface area contributed by atoms with Gasteiger partial charge in [-0.15, -0.1) is 0 Å². The summed E-state index contributed by atoms with van der Waals surface area (Å²) in [7, 11) is 1.56. The van der Waals surface area contributed by atoms with Crippen molar-refractivity contribution in [1.29, 1.82) is 0 Å². The van der Waals surface area contributed by atoms with Crippen LogP contribution in [0.4, 0.5) is 0 Å². The number of nitrogens with zero attached hydrogens (tertiary/aromatic N) is 3. The predicted octanol–water partition coefficient (Wildman–Crippen LogP) is 2.37. The number of azide groups is 1. The van der Waals surface area contributed by atoms with Crippen molar-refractivity contribution in [1.82, 2.24) is 5.32 Å². The molecule has 0 heterocycles. The molecule has 0 saturated carbocycles. The number of rotatable bonds is 9. The summed E-state index contributed by atoms with van der Waals surface area (Å²) in [6, 6.07) is 7.34. The Labute approximate surface area is 123 Å². The first-order valence-corrected chi connectivity index (χ1v) is 6.64. The van der Waals surface area contributed by atoms with Crippen LogP contribution in [0.15, 0.2) is 29.4 Å². The summed E-state index contributed by atoms with van der Waals surface area (Å²) in [5.74, 6) is -0.266. The van der Waals surface area contributed by atoms with E-state index in [4.69, 9.17) is 10.3 Å². The quantitative estimate of drug-likeness (QED) is 0.315. The van der Waals surface area contributed by atoms with E-state index in [0.717, 1.165) is 5.56 Å². The van der Waals surface area contributed by atoms with Gasteiger partial charge in [0.15, 0.2) is 0 Å². The number of carboxylic acid groups (broad SMARTS) is 1. The fraction of sp³-hybridized carbons (Fsp3) is 0.500. The van der Waals surface area contributed by atoms with E-state index >= 15 is 0 Å². The molecule has 114 valence electrons. The number of hydrogen-bond acceptors (Lipinski definition) is 4. The fourth-order valence-electron chi connectivity index (χ4n) is 2.00. The number of benzene rings is 1. The van der Waals surface area contributed by atoms with Crippen LogP contribution in [0.3, 0.4) is 0 Å². The van der Waals surface area contributed by atoms with Crippen molar-refractivity contribution in [3.05, 3.63) is 40.3 Å². The molecule has 1 atom stereocenters. The molecule has 0 amide bonds. The van der Waals surface area contributed by atoms with Gasteiger partial charge in [0.25, 0.3) is 0 Å². The van der Waals surface area contributed by atoms with E-state index in [1.807, 2.05) is 18.2 Å². The molecule has 0 spiro atoms. The number of carboxylic acids is 1. The normalized spacial score (nSPS) is 13.0. The van der Waals surface area contributed by atoms with E-state index in [0.29, 0.717) is 31.7 Å². The third-order valence-corrected chi connectivity index (χ3v) is 3.22. The molecular weight excluding hydrogens is 272 g/mol. The smallest absolute Gasteiger partial charge is 0.323 e. The van der Waals surface area contributed by atoms with Crippen molar-refractivity contribution < 1.29 is 14.6 Å². The van der Waals surface area contributed by atoms with Crippen LogP contribution < -0.4 is 10.1 Å². The highest BCUT2D eigenvalue weighted by molar-refractivity contribution is 5.78. The van der Waals surface area contributed by atoms with Gasteiger partial charge in [-0.05, 0) is 37.1 Å². The maximum atomic E-state index is 11.6. The minimum absolute atomic E-state index is 0.299. The van der Waals surface area contributed by atoms with E-state index in [9.17, 15) is 9.90 Å². The molecule has 0 aliphatic rings. The van der Waals surface area contributed by atoms with Crippen molar-refractivity contribution in [3.8, 4) is 5.75 Å². The largest absolute Gasteiger partial charge is 0.496 e. The Balaban J connectivity index is 2.75. The molecule has 1 unspecified atom stereocenters. The van der Waals surface area contributed by atoms with Crippen LogP contribution in [0.2, 0.25) is 0 Å². The molecule has 1 rings (SSSR count). The average molecular weight is 292 g/mol. The van der Waals surface area contributed by atoms with Crippen LogP contribution in [-0.4, -0.2) is 36.8 Å². The van der Waals surface area contributed by atoms with E-state index in [-0.39, 0.29) is 0 Å². The topological polar surface area (TPSA) is 107 Å². The summed E-state index contributed by atoms with van der Waals surface area (Å²) in [6.07, 6.45) is 0.882. The van der Waals surface area contributed by atoms with Crippen LogP contribution in [0.25, 0.3) is 10.4 Å². The summed E-state index contributed by atoms with van der Waals surface area (Å²) in [6.45, 7) is 2.43. The van der Waals surface area contributed by atoms with Gasteiger partial charge in [-0.3, -0.25) is 4.79 Å². The molecule has 0 fully saturated rings. The minimum Gasteiger partial charge on any atom is -0.496 e. The SMILES string of the molecule is COc1ccccc1CC(C)(NCCCN=[N+]=[N-])C(=O)O. The number of hydrogen-bond donors (Lipinski definition) is 2. The van der Waals surface area contributed by atoms with Crippen molar-refractivity contribution >= 4 is 5.97 Å². The molecule has 0 radical (unpaired) electrons. The zero-order valence-corrected chi connectivity index (χ0v) is 12.2. The molecule has 2 N–H and O–H groups in total. The van der Waals surface area contributed by atoms with Crippen molar-refractivity contribution in [3.63, 3.8) is 0 Å². The highest BCUT2D eigenvalue weighted by Crippen LogP contribution is 2.23. The van der Waals surface area contributed by atoms with Crippen molar-refractivity contribution in [2.45, 2.75) is 25.3 Å².